The van der Waals surface area contributed by atoms with Crippen molar-refractivity contribution in [1.82, 2.24) is 10.2 Å². The van der Waals surface area contributed by atoms with E-state index in [0.717, 1.165) is 28.9 Å². The van der Waals surface area contributed by atoms with Gasteiger partial charge >= 0.3 is 0 Å². The molecule has 0 saturated carbocycles. The van der Waals surface area contributed by atoms with Crippen LogP contribution in [0.5, 0.6) is 5.75 Å². The predicted molar refractivity (Wildman–Crippen MR) is 96.4 cm³/mol. The molecule has 0 saturated heterocycles. The van der Waals surface area contributed by atoms with Gasteiger partial charge in [-0.05, 0) is 35.2 Å². The van der Waals surface area contributed by atoms with Crippen LogP contribution in [-0.2, 0) is 17.8 Å². The zero-order valence-electron chi connectivity index (χ0n) is 14.4. The summed E-state index contributed by atoms with van der Waals surface area (Å²) in [4.78, 5) is 14.1. The quantitative estimate of drug-likeness (QED) is 0.843. The van der Waals surface area contributed by atoms with Crippen LogP contribution in [0.1, 0.15) is 22.8 Å². The number of rotatable bonds is 6. The lowest BCUT2D eigenvalue weighted by Crippen LogP contribution is -2.41. The van der Waals surface area contributed by atoms with Crippen LogP contribution in [-0.4, -0.2) is 42.7 Å². The maximum Gasteiger partial charge on any atom is 0.234 e. The Kier molecular flexibility index (Phi) is 5.68. The summed E-state index contributed by atoms with van der Waals surface area (Å²) in [5.74, 6) is 0.816. The van der Waals surface area contributed by atoms with Gasteiger partial charge in [0.15, 0.2) is 0 Å². The number of benzene rings is 2. The van der Waals surface area contributed by atoms with Gasteiger partial charge in [0.2, 0.25) is 5.91 Å². The molecular weight excluding hydrogens is 316 g/mol. The van der Waals surface area contributed by atoms with Crippen LogP contribution < -0.4 is 10.1 Å². The topological polar surface area (TPSA) is 61.8 Å². The van der Waals surface area contributed by atoms with Crippen molar-refractivity contribution in [2.24, 2.45) is 0 Å². The first kappa shape index (κ1) is 17.5. The fourth-order valence-corrected chi connectivity index (χ4v) is 3.17. The minimum atomic E-state index is -0.531. The second-order valence-electron chi connectivity index (χ2n) is 6.33. The molecule has 1 atom stereocenters. The van der Waals surface area contributed by atoms with E-state index in [4.69, 9.17) is 4.74 Å². The van der Waals surface area contributed by atoms with E-state index in [2.05, 4.69) is 5.32 Å². The van der Waals surface area contributed by atoms with Gasteiger partial charge in [0.05, 0.1) is 19.8 Å². The third-order valence-corrected chi connectivity index (χ3v) is 4.50. The van der Waals surface area contributed by atoms with Crippen LogP contribution in [0, 0.1) is 0 Å². The average molecular weight is 340 g/mol. The highest BCUT2D eigenvalue weighted by molar-refractivity contribution is 5.78. The fraction of sp³-hybridized carbons (Fsp3) is 0.350. The zero-order chi connectivity index (χ0) is 17.6. The minimum Gasteiger partial charge on any atom is -0.497 e. The molecule has 1 amide bonds. The van der Waals surface area contributed by atoms with E-state index < -0.39 is 6.10 Å². The Morgan fingerprint density at radius 2 is 2.00 bits per heavy atom. The van der Waals surface area contributed by atoms with E-state index in [-0.39, 0.29) is 5.91 Å². The van der Waals surface area contributed by atoms with Gasteiger partial charge in [-0.2, -0.15) is 0 Å². The molecule has 3 rings (SSSR count). The normalized spacial score (nSPS) is 17.0. The molecule has 0 aliphatic carbocycles. The predicted octanol–water partition coefficient (Wildman–Crippen LogP) is 1.90. The number of ether oxygens (including phenoxy) is 1. The van der Waals surface area contributed by atoms with Gasteiger partial charge in [0.1, 0.15) is 5.75 Å². The summed E-state index contributed by atoms with van der Waals surface area (Å²) >= 11 is 0. The Morgan fingerprint density at radius 3 is 2.76 bits per heavy atom. The van der Waals surface area contributed by atoms with E-state index in [1.54, 1.807) is 7.11 Å². The van der Waals surface area contributed by atoms with Crippen LogP contribution in [0.15, 0.2) is 48.5 Å². The number of carbonyl (C=O) groups excluding carboxylic acids is 1. The molecule has 132 valence electrons. The minimum absolute atomic E-state index is 0.0138. The number of carbonyl (C=O) groups is 1. The molecule has 0 fully saturated rings. The monoisotopic (exact) mass is 340 g/mol. The van der Waals surface area contributed by atoms with Gasteiger partial charge in [0.25, 0.3) is 0 Å². The standard InChI is InChI=1S/C20H24N2O3/c1-25-17-8-6-15(7-9-17)10-11-21-20(24)14-22-12-16-4-2-3-5-18(16)19(23)13-22/h2-9,19,23H,10-14H2,1H3,(H,21,24)/t19-/m0/s1. The third kappa shape index (κ3) is 4.59. The summed E-state index contributed by atoms with van der Waals surface area (Å²) in [7, 11) is 1.64. The molecule has 1 aliphatic heterocycles. The number of fused-ring (bicyclic) bond motifs is 1. The largest absolute Gasteiger partial charge is 0.497 e. The van der Waals surface area contributed by atoms with Crippen LogP contribution in [0.2, 0.25) is 0 Å². The van der Waals surface area contributed by atoms with Crippen molar-refractivity contribution in [2.45, 2.75) is 19.1 Å². The second-order valence-corrected chi connectivity index (χ2v) is 6.33. The summed E-state index contributed by atoms with van der Waals surface area (Å²) in [6, 6.07) is 15.7. The molecule has 1 heterocycles. The van der Waals surface area contributed by atoms with Crippen LogP contribution in [0.3, 0.4) is 0 Å². The molecule has 2 N–H and O–H groups in total. The van der Waals surface area contributed by atoms with Crippen molar-refractivity contribution in [2.75, 3.05) is 26.7 Å². The molecule has 5 nitrogen and oxygen atoms in total. The molecule has 2 aromatic carbocycles. The van der Waals surface area contributed by atoms with E-state index in [9.17, 15) is 9.90 Å². The summed E-state index contributed by atoms with van der Waals surface area (Å²) in [5.41, 5.74) is 3.22. The van der Waals surface area contributed by atoms with Crippen molar-refractivity contribution in [1.29, 1.82) is 0 Å². The first-order valence-electron chi connectivity index (χ1n) is 8.53. The van der Waals surface area contributed by atoms with Crippen molar-refractivity contribution in [3.8, 4) is 5.75 Å². The average Bonchev–Trinajstić information content (AvgIpc) is 2.62. The Bertz CT molecular complexity index is 715. The first-order valence-corrected chi connectivity index (χ1v) is 8.53. The van der Waals surface area contributed by atoms with Gasteiger partial charge < -0.3 is 15.2 Å². The van der Waals surface area contributed by atoms with E-state index in [0.29, 0.717) is 26.2 Å². The lowest BCUT2D eigenvalue weighted by Gasteiger charge is -2.31. The van der Waals surface area contributed by atoms with Crippen molar-refractivity contribution in [3.05, 3.63) is 65.2 Å². The number of aliphatic hydroxyl groups excluding tert-OH is 1. The molecule has 0 bridgehead atoms. The number of methoxy groups -OCH3 is 1. The Hall–Kier alpha value is -2.37. The third-order valence-electron chi connectivity index (χ3n) is 4.50. The lowest BCUT2D eigenvalue weighted by molar-refractivity contribution is -0.122. The molecule has 25 heavy (non-hydrogen) atoms. The molecule has 5 heteroatoms. The highest BCUT2D eigenvalue weighted by atomic mass is 16.5. The summed E-state index contributed by atoms with van der Waals surface area (Å²) in [6.45, 7) is 2.08. The summed E-state index contributed by atoms with van der Waals surface area (Å²) in [6.07, 6.45) is 0.248. The summed E-state index contributed by atoms with van der Waals surface area (Å²) in [5, 5.41) is 13.2. The number of amides is 1. The first-order chi connectivity index (χ1) is 12.2. The Labute approximate surface area is 148 Å². The van der Waals surface area contributed by atoms with E-state index in [1.165, 1.54) is 0 Å². The highest BCUT2D eigenvalue weighted by Crippen LogP contribution is 2.25. The van der Waals surface area contributed by atoms with E-state index >= 15 is 0 Å². The number of hydrogen-bond acceptors (Lipinski definition) is 4. The smallest absolute Gasteiger partial charge is 0.234 e. The zero-order valence-corrected chi connectivity index (χ0v) is 14.4. The van der Waals surface area contributed by atoms with E-state index in [1.807, 2.05) is 53.4 Å². The Morgan fingerprint density at radius 1 is 1.24 bits per heavy atom. The number of β-amino-alcohol motifs (C(OH)–C–C–N with tert-alkyl or cyclic N) is 1. The molecule has 0 spiro atoms. The van der Waals surface area contributed by atoms with Crippen molar-refractivity contribution in [3.63, 3.8) is 0 Å². The molecule has 0 radical (unpaired) electrons. The molecule has 1 aliphatic rings. The van der Waals surface area contributed by atoms with Crippen molar-refractivity contribution < 1.29 is 14.6 Å². The number of aliphatic hydroxyl groups is 1. The molecule has 0 aromatic heterocycles. The maximum absolute atomic E-state index is 12.2. The van der Waals surface area contributed by atoms with Crippen LogP contribution in [0.25, 0.3) is 0 Å². The number of nitrogens with zero attached hydrogens (tertiary/aromatic N) is 1. The molecule has 2 aromatic rings. The van der Waals surface area contributed by atoms with Crippen LogP contribution >= 0.6 is 0 Å². The van der Waals surface area contributed by atoms with Gasteiger partial charge in [-0.3, -0.25) is 9.69 Å². The maximum atomic E-state index is 12.2. The Balaban J connectivity index is 1.45. The fourth-order valence-electron chi connectivity index (χ4n) is 3.17. The SMILES string of the molecule is COc1ccc(CCNC(=O)CN2Cc3ccccc3[C@@H](O)C2)cc1. The second kappa shape index (κ2) is 8.14. The van der Waals surface area contributed by atoms with Gasteiger partial charge in [-0.15, -0.1) is 0 Å². The van der Waals surface area contributed by atoms with Gasteiger partial charge in [-0.1, -0.05) is 36.4 Å². The van der Waals surface area contributed by atoms with Crippen LogP contribution in [0.4, 0.5) is 0 Å². The molecule has 0 unspecified atom stereocenters. The number of hydrogen-bond donors (Lipinski definition) is 2. The molecular formula is C20H24N2O3. The van der Waals surface area contributed by atoms with Gasteiger partial charge in [0, 0.05) is 19.6 Å². The summed E-state index contributed by atoms with van der Waals surface area (Å²) < 4.78 is 5.13. The highest BCUT2D eigenvalue weighted by Gasteiger charge is 2.24. The van der Waals surface area contributed by atoms with Crippen molar-refractivity contribution >= 4 is 5.91 Å². The number of nitrogens with one attached hydrogen (secondary N) is 1. The van der Waals surface area contributed by atoms with Gasteiger partial charge in [-0.25, -0.2) is 0 Å². The lowest BCUT2D eigenvalue weighted by atomic mass is 9.97.